The van der Waals surface area contributed by atoms with Crippen LogP contribution in [0.4, 0.5) is 45.2 Å². The number of alkyl halides is 9. The Morgan fingerprint density at radius 1 is 0.917 bits per heavy atom. The first-order chi connectivity index (χ1) is 16.5. The summed E-state index contributed by atoms with van der Waals surface area (Å²) < 4.78 is 114. The molecule has 0 atom stereocenters. The van der Waals surface area contributed by atoms with E-state index in [0.29, 0.717) is 12.1 Å². The number of amides is 1. The highest BCUT2D eigenvalue weighted by Crippen LogP contribution is 2.33. The van der Waals surface area contributed by atoms with Crippen LogP contribution in [0.2, 0.25) is 0 Å². The van der Waals surface area contributed by atoms with E-state index in [1.165, 1.54) is 12.3 Å². The monoisotopic (exact) mass is 536 g/mol. The zero-order valence-corrected chi connectivity index (χ0v) is 18.3. The van der Waals surface area contributed by atoms with Gasteiger partial charge in [-0.15, -0.1) is 0 Å². The fraction of sp³-hybridized carbons (Fsp3) is 0.429. The predicted octanol–water partition coefficient (Wildman–Crippen LogP) is 5.69. The molecule has 0 aliphatic heterocycles. The highest BCUT2D eigenvalue weighted by atomic mass is 19.4. The summed E-state index contributed by atoms with van der Waals surface area (Å²) in [5.41, 5.74) is -1.88. The molecular weight excluding hydrogens is 515 g/mol. The maximum absolute atomic E-state index is 12.9. The van der Waals surface area contributed by atoms with Crippen molar-refractivity contribution < 1.29 is 54.2 Å². The molecule has 0 saturated carbocycles. The number of ether oxygens (including phenoxy) is 1. The number of hydrogen-bond donors (Lipinski definition) is 3. The lowest BCUT2D eigenvalue weighted by molar-refractivity contribution is -0.138. The summed E-state index contributed by atoms with van der Waals surface area (Å²) >= 11 is 0. The van der Waals surface area contributed by atoms with Crippen molar-refractivity contribution in [3.63, 3.8) is 0 Å². The molecule has 2 rings (SSSR count). The van der Waals surface area contributed by atoms with Crippen LogP contribution in [0.1, 0.15) is 41.6 Å². The number of nitrogens with one attached hydrogen (secondary N) is 2. The molecule has 1 aromatic heterocycles. The molecule has 0 radical (unpaired) electrons. The Balaban J connectivity index is 0.000000697. The van der Waals surface area contributed by atoms with Gasteiger partial charge in [-0.3, -0.25) is 9.59 Å². The van der Waals surface area contributed by atoms with Crippen molar-refractivity contribution in [1.82, 2.24) is 4.98 Å². The molecule has 1 heterocycles. The Morgan fingerprint density at radius 2 is 1.53 bits per heavy atom. The Hall–Kier alpha value is -3.23. The summed E-state index contributed by atoms with van der Waals surface area (Å²) in [6, 6.07) is 4.43. The number of aliphatic hydroxyl groups excluding tert-OH is 1. The van der Waals surface area contributed by atoms with Gasteiger partial charge in [-0.25, -0.2) is 0 Å². The number of carbonyl (C=O) groups excluding carboxylic acids is 1. The summed E-state index contributed by atoms with van der Waals surface area (Å²) in [6.07, 6.45) is -14.8. The van der Waals surface area contributed by atoms with Crippen LogP contribution in [0, 0.1) is 0 Å². The number of carbonyl (C=O) groups is 1. The van der Waals surface area contributed by atoms with E-state index in [9.17, 15) is 49.1 Å². The van der Waals surface area contributed by atoms with Gasteiger partial charge in [0.05, 0.1) is 17.7 Å². The third kappa shape index (κ3) is 12.5. The normalized spacial score (nSPS) is 11.9. The van der Waals surface area contributed by atoms with E-state index in [1.807, 2.05) is 0 Å². The molecule has 15 heteroatoms. The Bertz CT molecular complexity index is 1030. The van der Waals surface area contributed by atoms with Gasteiger partial charge in [0.15, 0.2) is 0 Å². The van der Waals surface area contributed by atoms with E-state index < -0.39 is 67.2 Å². The molecule has 0 aliphatic carbocycles. The lowest BCUT2D eigenvalue weighted by Gasteiger charge is -2.15. The summed E-state index contributed by atoms with van der Waals surface area (Å²) in [5, 5.41) is 10.2. The molecule has 2 aromatic rings. The quantitative estimate of drug-likeness (QED) is 0.299. The molecule has 0 aliphatic rings. The van der Waals surface area contributed by atoms with Crippen molar-refractivity contribution in [2.75, 3.05) is 18.5 Å². The van der Waals surface area contributed by atoms with Crippen molar-refractivity contribution in [3.05, 3.63) is 58.0 Å². The van der Waals surface area contributed by atoms with Gasteiger partial charge in [0.2, 0.25) is 5.56 Å². The number of pyridine rings is 1. The molecule has 1 aromatic carbocycles. The highest BCUT2D eigenvalue weighted by molar-refractivity contribution is 6.06. The Labute approximate surface area is 198 Å². The first-order valence-electron chi connectivity index (χ1n) is 10.1. The molecular formula is C21H21F9N2O4. The van der Waals surface area contributed by atoms with Gasteiger partial charge in [0, 0.05) is 37.4 Å². The van der Waals surface area contributed by atoms with Crippen LogP contribution < -0.4 is 15.6 Å². The van der Waals surface area contributed by atoms with Gasteiger partial charge >= 0.3 is 18.5 Å². The van der Waals surface area contributed by atoms with Crippen LogP contribution in [-0.4, -0.2) is 41.6 Å². The van der Waals surface area contributed by atoms with Crippen LogP contribution in [0.3, 0.4) is 0 Å². The van der Waals surface area contributed by atoms with Gasteiger partial charge in [-0.2, -0.15) is 39.5 Å². The van der Waals surface area contributed by atoms with Gasteiger partial charge in [-0.05, 0) is 37.1 Å². The number of anilines is 1. The second-order valence-electron chi connectivity index (χ2n) is 7.11. The minimum absolute atomic E-state index is 0.0802. The maximum atomic E-state index is 12.9. The van der Waals surface area contributed by atoms with Gasteiger partial charge < -0.3 is 20.1 Å². The van der Waals surface area contributed by atoms with E-state index in [0.717, 1.165) is 12.1 Å². The number of benzene rings is 1. The van der Waals surface area contributed by atoms with Crippen LogP contribution in [0.25, 0.3) is 0 Å². The van der Waals surface area contributed by atoms with E-state index in [-0.39, 0.29) is 24.3 Å². The number of aromatic nitrogens is 1. The summed E-state index contributed by atoms with van der Waals surface area (Å²) in [6.45, 7) is -0.925. The molecule has 0 spiro atoms. The van der Waals surface area contributed by atoms with Crippen LogP contribution >= 0.6 is 0 Å². The zero-order chi connectivity index (χ0) is 27.6. The zero-order valence-electron chi connectivity index (χ0n) is 18.3. The highest BCUT2D eigenvalue weighted by Gasteiger charge is 2.32. The summed E-state index contributed by atoms with van der Waals surface area (Å²) in [7, 11) is 0. The molecule has 0 bridgehead atoms. The fourth-order valence-electron chi connectivity index (χ4n) is 2.46. The smallest absolute Gasteiger partial charge is 0.416 e. The molecule has 0 unspecified atom stereocenters. The summed E-state index contributed by atoms with van der Waals surface area (Å²) in [5.74, 6) is -1.40. The molecule has 6 nitrogen and oxygen atoms in total. The third-order valence-corrected chi connectivity index (χ3v) is 4.07. The molecule has 3 N–H and O–H groups in total. The van der Waals surface area contributed by atoms with Crippen molar-refractivity contribution in [2.45, 2.75) is 44.2 Å². The van der Waals surface area contributed by atoms with Crippen molar-refractivity contribution in [3.8, 4) is 5.75 Å². The van der Waals surface area contributed by atoms with E-state index in [1.54, 1.807) is 0 Å². The lowest BCUT2D eigenvalue weighted by Crippen LogP contribution is -2.17. The first kappa shape index (κ1) is 30.8. The second-order valence-corrected chi connectivity index (χ2v) is 7.11. The minimum atomic E-state index is -4.73. The molecule has 36 heavy (non-hydrogen) atoms. The number of H-pyrrole nitrogens is 1. The van der Waals surface area contributed by atoms with Gasteiger partial charge in [-0.1, -0.05) is 0 Å². The SMILES string of the molecule is O=C(Nc1cc[nH]c(=O)c1)c1ccc(C(F)(F)F)cc1OCCCC(F)(F)F.OCCCC(F)(F)F. The van der Waals surface area contributed by atoms with Crippen molar-refractivity contribution in [1.29, 1.82) is 0 Å². The largest absolute Gasteiger partial charge is 0.493 e. The molecule has 1 amide bonds. The Kier molecular flexibility index (Phi) is 11.3. The van der Waals surface area contributed by atoms with Crippen LogP contribution in [0.5, 0.6) is 5.75 Å². The van der Waals surface area contributed by atoms with Gasteiger partial charge in [0.1, 0.15) is 5.75 Å². The standard InChI is InChI=1S/C17H14F6N2O3.C4H7F3O/c18-16(19,20)5-1-7-28-13-8-10(17(21,22)23)2-3-12(13)15(27)25-11-4-6-24-14(26)9-11;5-4(6,7)2-1-3-8/h2-4,6,8-9H,1,5,7H2,(H2,24,25,26,27);8H,1-3H2. The first-order valence-corrected chi connectivity index (χ1v) is 10.1. The number of aliphatic hydroxyl groups is 1. The fourth-order valence-corrected chi connectivity index (χ4v) is 2.46. The number of hydrogen-bond acceptors (Lipinski definition) is 4. The molecule has 0 fully saturated rings. The van der Waals surface area contributed by atoms with Crippen LogP contribution in [-0.2, 0) is 6.18 Å². The molecule has 202 valence electrons. The Morgan fingerprint density at radius 3 is 2.03 bits per heavy atom. The van der Waals surface area contributed by atoms with Gasteiger partial charge in [0.25, 0.3) is 5.91 Å². The number of aromatic amines is 1. The van der Waals surface area contributed by atoms with Crippen molar-refractivity contribution >= 4 is 11.6 Å². The van der Waals surface area contributed by atoms with E-state index in [4.69, 9.17) is 9.84 Å². The second kappa shape index (κ2) is 13.2. The average Bonchev–Trinajstić information content (AvgIpc) is 2.74. The number of rotatable bonds is 8. The average molecular weight is 536 g/mol. The lowest BCUT2D eigenvalue weighted by atomic mass is 10.1. The topological polar surface area (TPSA) is 91.4 Å². The van der Waals surface area contributed by atoms with Crippen LogP contribution in [0.15, 0.2) is 41.3 Å². The number of halogens is 9. The van der Waals surface area contributed by atoms with E-state index >= 15 is 0 Å². The third-order valence-electron chi connectivity index (χ3n) is 4.07. The molecule has 0 saturated heterocycles. The maximum Gasteiger partial charge on any atom is 0.416 e. The van der Waals surface area contributed by atoms with E-state index in [2.05, 4.69) is 10.3 Å². The van der Waals surface area contributed by atoms with Crippen molar-refractivity contribution in [2.24, 2.45) is 0 Å². The minimum Gasteiger partial charge on any atom is -0.493 e. The predicted molar refractivity (Wildman–Crippen MR) is 110 cm³/mol. The summed E-state index contributed by atoms with van der Waals surface area (Å²) in [4.78, 5) is 25.9.